The Balaban J connectivity index is 2.18. The molecule has 1 heterocycles. The lowest BCUT2D eigenvalue weighted by molar-refractivity contribution is 0.181. The van der Waals surface area contributed by atoms with Crippen molar-refractivity contribution in [2.45, 2.75) is 17.4 Å². The van der Waals surface area contributed by atoms with Gasteiger partial charge in [-0.25, -0.2) is 0 Å². The Labute approximate surface area is 124 Å². The summed E-state index contributed by atoms with van der Waals surface area (Å²) in [4.78, 5) is 1.11. The summed E-state index contributed by atoms with van der Waals surface area (Å²) < 4.78 is 1.79. The van der Waals surface area contributed by atoms with Gasteiger partial charge in [0, 0.05) is 23.9 Å². The number of thioether (sulfide) groups is 1. The second-order valence-corrected chi connectivity index (χ2v) is 5.82. The first-order valence-electron chi connectivity index (χ1n) is 6.73. The van der Waals surface area contributed by atoms with Crippen molar-refractivity contribution in [3.8, 4) is 0 Å². The van der Waals surface area contributed by atoms with Crippen molar-refractivity contribution in [1.29, 1.82) is 0 Å². The molecule has 20 heavy (non-hydrogen) atoms. The summed E-state index contributed by atoms with van der Waals surface area (Å²) in [7, 11) is 1.91. The predicted molar refractivity (Wildman–Crippen MR) is 82.8 cm³/mol. The van der Waals surface area contributed by atoms with Gasteiger partial charge in [0.1, 0.15) is 0 Å². The minimum atomic E-state index is -0.420. The first-order chi connectivity index (χ1) is 9.70. The molecule has 0 saturated carbocycles. The molecule has 4 nitrogen and oxygen atoms in total. The lowest BCUT2D eigenvalue weighted by atomic mass is 9.92. The van der Waals surface area contributed by atoms with Gasteiger partial charge in [-0.05, 0) is 12.1 Å². The number of aryl methyl sites for hydroxylation is 1. The highest BCUT2D eigenvalue weighted by Crippen LogP contribution is 2.29. The van der Waals surface area contributed by atoms with Crippen LogP contribution in [0.5, 0.6) is 0 Å². The molecular formula is C15H21N3OS. The van der Waals surface area contributed by atoms with Crippen LogP contribution in [0.2, 0.25) is 0 Å². The molecule has 0 fully saturated rings. The predicted octanol–water partition coefficient (Wildman–Crippen LogP) is 2.01. The molecule has 0 amide bonds. The Morgan fingerprint density at radius 3 is 2.65 bits per heavy atom. The van der Waals surface area contributed by atoms with Crippen molar-refractivity contribution in [3.05, 3.63) is 48.3 Å². The van der Waals surface area contributed by atoms with E-state index in [4.69, 9.17) is 0 Å². The third kappa shape index (κ3) is 3.42. The van der Waals surface area contributed by atoms with E-state index in [0.717, 1.165) is 22.8 Å². The number of nitrogens with zero attached hydrogens (tertiary/aromatic N) is 2. The van der Waals surface area contributed by atoms with Crippen molar-refractivity contribution in [1.82, 2.24) is 15.1 Å². The molecule has 2 N–H and O–H groups in total. The molecule has 0 aliphatic carbocycles. The highest BCUT2D eigenvalue weighted by molar-refractivity contribution is 7.99. The largest absolute Gasteiger partial charge is 0.394 e. The van der Waals surface area contributed by atoms with Gasteiger partial charge in [-0.3, -0.25) is 4.68 Å². The Morgan fingerprint density at radius 2 is 2.10 bits per heavy atom. The lowest BCUT2D eigenvalue weighted by Gasteiger charge is -2.33. The third-order valence-corrected chi connectivity index (χ3v) is 4.46. The fraction of sp³-hybridized carbons (Fsp3) is 0.400. The first-order valence-corrected chi connectivity index (χ1v) is 7.71. The Morgan fingerprint density at radius 1 is 1.35 bits per heavy atom. The second kappa shape index (κ2) is 6.92. The molecule has 0 aliphatic heterocycles. The molecule has 108 valence electrons. The number of aliphatic hydroxyl groups is 1. The van der Waals surface area contributed by atoms with Gasteiger partial charge >= 0.3 is 0 Å². The molecular weight excluding hydrogens is 270 g/mol. The quantitative estimate of drug-likeness (QED) is 0.766. The number of likely N-dealkylation sites (N-methyl/N-ethyl adjacent to an activating group) is 1. The maximum Gasteiger partial charge on any atom is 0.0764 e. The van der Waals surface area contributed by atoms with Crippen LogP contribution in [0, 0.1) is 0 Å². The molecule has 1 unspecified atom stereocenters. The van der Waals surface area contributed by atoms with E-state index in [0.29, 0.717) is 0 Å². The molecule has 1 aromatic carbocycles. The molecule has 2 rings (SSSR count). The van der Waals surface area contributed by atoms with Crippen LogP contribution in [0.4, 0.5) is 0 Å². The van der Waals surface area contributed by atoms with E-state index in [-0.39, 0.29) is 6.61 Å². The van der Waals surface area contributed by atoms with Crippen LogP contribution in [-0.4, -0.2) is 33.8 Å². The molecule has 0 spiro atoms. The van der Waals surface area contributed by atoms with Gasteiger partial charge in [-0.15, -0.1) is 11.8 Å². The molecule has 5 heteroatoms. The minimum absolute atomic E-state index is 0.0676. The molecule has 0 radical (unpaired) electrons. The van der Waals surface area contributed by atoms with Crippen molar-refractivity contribution in [3.63, 3.8) is 0 Å². The van der Waals surface area contributed by atoms with Crippen LogP contribution < -0.4 is 5.32 Å². The summed E-state index contributed by atoms with van der Waals surface area (Å²) in [5.41, 5.74) is 0.692. The summed E-state index contributed by atoms with van der Waals surface area (Å²) in [6.45, 7) is 2.93. The first kappa shape index (κ1) is 15.1. The SMILES string of the molecule is CCNC(CO)(CSc1cnn(C)c1)c1ccccc1. The molecule has 0 aliphatic rings. The molecule has 1 aromatic heterocycles. The average molecular weight is 291 g/mol. The van der Waals surface area contributed by atoms with Crippen molar-refractivity contribution in [2.75, 3.05) is 18.9 Å². The van der Waals surface area contributed by atoms with E-state index in [1.807, 2.05) is 37.6 Å². The Kier molecular flexibility index (Phi) is 5.23. The van der Waals surface area contributed by atoms with Crippen LogP contribution in [0.15, 0.2) is 47.6 Å². The van der Waals surface area contributed by atoms with E-state index >= 15 is 0 Å². The highest BCUT2D eigenvalue weighted by atomic mass is 32.2. The number of benzene rings is 1. The van der Waals surface area contributed by atoms with E-state index in [1.54, 1.807) is 16.4 Å². The van der Waals surface area contributed by atoms with Crippen LogP contribution in [0.1, 0.15) is 12.5 Å². The number of nitrogens with one attached hydrogen (secondary N) is 1. The maximum atomic E-state index is 9.95. The van der Waals surface area contributed by atoms with Gasteiger partial charge in [0.15, 0.2) is 0 Å². The molecule has 1 atom stereocenters. The van der Waals surface area contributed by atoms with E-state index in [2.05, 4.69) is 29.5 Å². The second-order valence-electron chi connectivity index (χ2n) is 4.77. The molecule has 2 aromatic rings. The van der Waals surface area contributed by atoms with E-state index < -0.39 is 5.54 Å². The van der Waals surface area contributed by atoms with Crippen LogP contribution in [0.3, 0.4) is 0 Å². The van der Waals surface area contributed by atoms with Crippen molar-refractivity contribution in [2.24, 2.45) is 7.05 Å². The fourth-order valence-electron chi connectivity index (χ4n) is 2.20. The van der Waals surface area contributed by atoms with Crippen LogP contribution >= 0.6 is 11.8 Å². The number of hydrogen-bond donors (Lipinski definition) is 2. The summed E-state index contributed by atoms with van der Waals surface area (Å²) in [6.07, 6.45) is 3.84. The van der Waals surface area contributed by atoms with Gasteiger partial charge in [-0.1, -0.05) is 37.3 Å². The summed E-state index contributed by atoms with van der Waals surface area (Å²) in [5.74, 6) is 0.757. The lowest BCUT2D eigenvalue weighted by Crippen LogP contribution is -2.47. The normalized spacial score (nSPS) is 14.2. The van der Waals surface area contributed by atoms with Crippen LogP contribution in [0.25, 0.3) is 0 Å². The smallest absolute Gasteiger partial charge is 0.0764 e. The van der Waals surface area contributed by atoms with Gasteiger partial charge in [0.2, 0.25) is 0 Å². The minimum Gasteiger partial charge on any atom is -0.394 e. The molecule has 0 bridgehead atoms. The zero-order valence-corrected chi connectivity index (χ0v) is 12.7. The van der Waals surface area contributed by atoms with E-state index in [1.165, 1.54) is 0 Å². The number of aliphatic hydroxyl groups excluding tert-OH is 1. The summed E-state index contributed by atoms with van der Waals surface area (Å²) in [5, 5.41) is 17.6. The Bertz CT molecular complexity index is 529. The summed E-state index contributed by atoms with van der Waals surface area (Å²) >= 11 is 1.70. The van der Waals surface area contributed by atoms with Gasteiger partial charge in [0.05, 0.1) is 18.3 Å². The molecule has 0 saturated heterocycles. The Hall–Kier alpha value is -1.30. The van der Waals surface area contributed by atoms with Gasteiger partial charge < -0.3 is 10.4 Å². The topological polar surface area (TPSA) is 50.1 Å². The van der Waals surface area contributed by atoms with Crippen molar-refractivity contribution >= 4 is 11.8 Å². The third-order valence-electron chi connectivity index (χ3n) is 3.28. The number of aromatic nitrogens is 2. The zero-order valence-electron chi connectivity index (χ0n) is 11.9. The van der Waals surface area contributed by atoms with Gasteiger partial charge in [0.25, 0.3) is 0 Å². The zero-order chi connectivity index (χ0) is 14.4. The number of hydrogen-bond acceptors (Lipinski definition) is 4. The summed E-state index contributed by atoms with van der Waals surface area (Å²) in [6, 6.07) is 10.1. The van der Waals surface area contributed by atoms with Crippen molar-refractivity contribution < 1.29 is 5.11 Å². The monoisotopic (exact) mass is 291 g/mol. The fourth-order valence-corrected chi connectivity index (χ4v) is 3.33. The maximum absolute atomic E-state index is 9.95. The highest BCUT2D eigenvalue weighted by Gasteiger charge is 2.30. The standard InChI is InChI=1S/C15H21N3OS/c1-3-16-15(11-19,13-7-5-4-6-8-13)12-20-14-9-17-18(2)10-14/h4-10,16,19H,3,11-12H2,1-2H3. The van der Waals surface area contributed by atoms with Gasteiger partial charge in [-0.2, -0.15) is 5.10 Å². The van der Waals surface area contributed by atoms with E-state index in [9.17, 15) is 5.11 Å². The number of rotatable bonds is 7. The van der Waals surface area contributed by atoms with Crippen LogP contribution in [-0.2, 0) is 12.6 Å². The average Bonchev–Trinajstić information content (AvgIpc) is 2.90.